The Labute approximate surface area is 167 Å². The lowest BCUT2D eigenvalue weighted by atomic mass is 10.2. The fraction of sp³-hybridized carbons (Fsp3) is 0.611. The first kappa shape index (κ1) is 23.1. The summed E-state index contributed by atoms with van der Waals surface area (Å²) in [4.78, 5) is 14.3. The quantitative estimate of drug-likeness (QED) is 0.726. The highest BCUT2D eigenvalue weighted by atomic mass is 35.5. The highest BCUT2D eigenvalue weighted by Gasteiger charge is 2.15. The number of hydrogen-bond donors (Lipinski definition) is 2. The van der Waals surface area contributed by atoms with E-state index in [1.54, 1.807) is 0 Å². The zero-order valence-electron chi connectivity index (χ0n) is 14.9. The SMILES string of the molecule is Cl.Cl.O=C(CNCC1CCCO1)Nc1ccc(CN2CCOCC2)cc1. The Balaban J connectivity index is 0.00000169. The molecule has 6 nitrogen and oxygen atoms in total. The summed E-state index contributed by atoms with van der Waals surface area (Å²) < 4.78 is 10.9. The average Bonchev–Trinajstić information content (AvgIpc) is 3.11. The number of hydrogen-bond acceptors (Lipinski definition) is 5. The molecule has 0 aliphatic carbocycles. The molecular weight excluding hydrogens is 377 g/mol. The van der Waals surface area contributed by atoms with Crippen LogP contribution in [0.15, 0.2) is 24.3 Å². The van der Waals surface area contributed by atoms with E-state index in [0.717, 1.165) is 64.5 Å². The first-order valence-electron chi connectivity index (χ1n) is 8.81. The summed E-state index contributed by atoms with van der Waals surface area (Å²) in [6, 6.07) is 8.08. The van der Waals surface area contributed by atoms with Gasteiger partial charge in [0.15, 0.2) is 0 Å². The maximum absolute atomic E-state index is 12.0. The Morgan fingerprint density at radius 3 is 2.50 bits per heavy atom. The van der Waals surface area contributed by atoms with Crippen LogP contribution in [0.1, 0.15) is 18.4 Å². The number of amides is 1. The van der Waals surface area contributed by atoms with E-state index in [2.05, 4.69) is 27.7 Å². The lowest BCUT2D eigenvalue weighted by Gasteiger charge is -2.26. The van der Waals surface area contributed by atoms with Gasteiger partial charge >= 0.3 is 0 Å². The minimum absolute atomic E-state index is 0. The van der Waals surface area contributed by atoms with Crippen molar-refractivity contribution in [2.75, 3.05) is 51.3 Å². The van der Waals surface area contributed by atoms with Crippen LogP contribution in [0.5, 0.6) is 0 Å². The van der Waals surface area contributed by atoms with E-state index in [1.807, 2.05) is 12.1 Å². The molecule has 1 aromatic rings. The van der Waals surface area contributed by atoms with Crippen molar-refractivity contribution < 1.29 is 14.3 Å². The van der Waals surface area contributed by atoms with Gasteiger partial charge in [0.05, 0.1) is 25.9 Å². The zero-order valence-corrected chi connectivity index (χ0v) is 16.6. The van der Waals surface area contributed by atoms with Crippen LogP contribution in [0.3, 0.4) is 0 Å². The number of nitrogens with zero attached hydrogens (tertiary/aromatic N) is 1. The summed E-state index contributed by atoms with van der Waals surface area (Å²) in [5.41, 5.74) is 2.09. The molecule has 2 aliphatic rings. The first-order valence-corrected chi connectivity index (χ1v) is 8.81. The average molecular weight is 406 g/mol. The van der Waals surface area contributed by atoms with E-state index in [9.17, 15) is 4.79 Å². The summed E-state index contributed by atoms with van der Waals surface area (Å²) in [5, 5.41) is 6.08. The van der Waals surface area contributed by atoms with E-state index >= 15 is 0 Å². The molecule has 2 fully saturated rings. The Hall–Kier alpha value is -0.890. The van der Waals surface area contributed by atoms with Crippen LogP contribution in [0.25, 0.3) is 0 Å². The summed E-state index contributed by atoms with van der Waals surface area (Å²) in [5.74, 6) is -0.0195. The number of ether oxygens (including phenoxy) is 2. The first-order chi connectivity index (χ1) is 11.8. The molecule has 148 valence electrons. The van der Waals surface area contributed by atoms with Crippen molar-refractivity contribution in [1.82, 2.24) is 10.2 Å². The standard InChI is InChI=1S/C18H27N3O3.2ClH/c22-18(13-19-12-17-2-1-9-24-17)20-16-5-3-15(4-6-16)14-21-7-10-23-11-8-21;;/h3-6,17,19H,1-2,7-14H2,(H,20,22);2*1H. The lowest BCUT2D eigenvalue weighted by Crippen LogP contribution is -2.35. The van der Waals surface area contributed by atoms with E-state index in [1.165, 1.54) is 5.56 Å². The molecule has 0 aromatic heterocycles. The summed E-state index contributed by atoms with van der Waals surface area (Å²) in [7, 11) is 0. The Morgan fingerprint density at radius 1 is 1.12 bits per heavy atom. The molecule has 2 heterocycles. The van der Waals surface area contributed by atoms with E-state index in [-0.39, 0.29) is 36.8 Å². The number of benzene rings is 1. The number of anilines is 1. The molecule has 3 rings (SSSR count). The number of nitrogens with one attached hydrogen (secondary N) is 2. The molecule has 1 aromatic carbocycles. The largest absolute Gasteiger partial charge is 0.379 e. The normalized spacial score (nSPS) is 20.1. The van der Waals surface area contributed by atoms with Crippen molar-refractivity contribution in [3.05, 3.63) is 29.8 Å². The highest BCUT2D eigenvalue weighted by Crippen LogP contribution is 2.13. The molecule has 2 N–H and O–H groups in total. The molecule has 2 aliphatic heterocycles. The Bertz CT molecular complexity index is 519. The molecule has 0 bridgehead atoms. The van der Waals surface area contributed by atoms with Gasteiger partial charge in [0, 0.05) is 38.5 Å². The van der Waals surface area contributed by atoms with Gasteiger partial charge < -0.3 is 20.1 Å². The predicted molar refractivity (Wildman–Crippen MR) is 108 cm³/mol. The van der Waals surface area contributed by atoms with Gasteiger partial charge in [-0.15, -0.1) is 24.8 Å². The molecule has 0 spiro atoms. The molecule has 0 radical (unpaired) electrons. The van der Waals surface area contributed by atoms with Gasteiger partial charge in [0.25, 0.3) is 0 Å². The topological polar surface area (TPSA) is 62.8 Å². The predicted octanol–water partition coefficient (Wildman–Crippen LogP) is 2.07. The maximum atomic E-state index is 12.0. The monoisotopic (exact) mass is 405 g/mol. The van der Waals surface area contributed by atoms with E-state index < -0.39 is 0 Å². The highest BCUT2D eigenvalue weighted by molar-refractivity contribution is 5.92. The molecule has 1 amide bonds. The number of morpholine rings is 1. The summed E-state index contributed by atoms with van der Waals surface area (Å²) in [6.45, 7) is 6.42. The number of halogens is 2. The number of carbonyl (C=O) groups excluding carboxylic acids is 1. The minimum atomic E-state index is -0.0195. The van der Waals surface area contributed by atoms with Crippen LogP contribution in [0.4, 0.5) is 5.69 Å². The number of carbonyl (C=O) groups is 1. The van der Waals surface area contributed by atoms with Gasteiger partial charge in [-0.25, -0.2) is 0 Å². The van der Waals surface area contributed by atoms with Crippen LogP contribution in [-0.4, -0.2) is 62.9 Å². The fourth-order valence-corrected chi connectivity index (χ4v) is 3.07. The van der Waals surface area contributed by atoms with Gasteiger partial charge in [0.2, 0.25) is 5.91 Å². The van der Waals surface area contributed by atoms with Crippen molar-refractivity contribution in [1.29, 1.82) is 0 Å². The van der Waals surface area contributed by atoms with E-state index in [4.69, 9.17) is 9.47 Å². The molecule has 2 saturated heterocycles. The molecule has 1 atom stereocenters. The minimum Gasteiger partial charge on any atom is -0.379 e. The second-order valence-electron chi connectivity index (χ2n) is 6.40. The second-order valence-corrected chi connectivity index (χ2v) is 6.40. The van der Waals surface area contributed by atoms with Crippen LogP contribution < -0.4 is 10.6 Å². The molecule has 26 heavy (non-hydrogen) atoms. The molecule has 1 unspecified atom stereocenters. The van der Waals surface area contributed by atoms with Crippen molar-refractivity contribution in [2.24, 2.45) is 0 Å². The lowest BCUT2D eigenvalue weighted by molar-refractivity contribution is -0.115. The van der Waals surface area contributed by atoms with E-state index in [0.29, 0.717) is 6.54 Å². The fourth-order valence-electron chi connectivity index (χ4n) is 3.07. The van der Waals surface area contributed by atoms with Crippen molar-refractivity contribution >= 4 is 36.4 Å². The second kappa shape index (κ2) is 12.5. The Kier molecular flexibility index (Phi) is 11.1. The smallest absolute Gasteiger partial charge is 0.238 e. The van der Waals surface area contributed by atoms with Crippen molar-refractivity contribution in [2.45, 2.75) is 25.5 Å². The molecule has 8 heteroatoms. The van der Waals surface area contributed by atoms with Crippen LogP contribution >= 0.6 is 24.8 Å². The van der Waals surface area contributed by atoms with Gasteiger partial charge in [-0.2, -0.15) is 0 Å². The van der Waals surface area contributed by atoms with Crippen molar-refractivity contribution in [3.8, 4) is 0 Å². The molecular formula is C18H29Cl2N3O3. The van der Waals surface area contributed by atoms with Crippen LogP contribution in [0, 0.1) is 0 Å². The van der Waals surface area contributed by atoms with Crippen LogP contribution in [0.2, 0.25) is 0 Å². The summed E-state index contributed by atoms with van der Waals surface area (Å²) in [6.07, 6.45) is 2.46. The van der Waals surface area contributed by atoms with Gasteiger partial charge in [-0.1, -0.05) is 12.1 Å². The maximum Gasteiger partial charge on any atom is 0.238 e. The van der Waals surface area contributed by atoms with Crippen molar-refractivity contribution in [3.63, 3.8) is 0 Å². The van der Waals surface area contributed by atoms with Gasteiger partial charge in [-0.05, 0) is 30.5 Å². The third-order valence-electron chi connectivity index (χ3n) is 4.43. The third-order valence-corrected chi connectivity index (χ3v) is 4.43. The third kappa shape index (κ3) is 7.78. The van der Waals surface area contributed by atoms with Gasteiger partial charge in [-0.3, -0.25) is 9.69 Å². The molecule has 0 saturated carbocycles. The zero-order chi connectivity index (χ0) is 16.6. The Morgan fingerprint density at radius 2 is 1.85 bits per heavy atom. The van der Waals surface area contributed by atoms with Gasteiger partial charge in [0.1, 0.15) is 0 Å². The number of rotatable bonds is 7. The van der Waals surface area contributed by atoms with Crippen LogP contribution in [-0.2, 0) is 20.8 Å². The summed E-state index contributed by atoms with van der Waals surface area (Å²) >= 11 is 0.